The summed E-state index contributed by atoms with van der Waals surface area (Å²) in [6, 6.07) is 5.89. The molecule has 0 aromatic heterocycles. The zero-order chi connectivity index (χ0) is 11.3. The van der Waals surface area contributed by atoms with Crippen molar-refractivity contribution in [1.82, 2.24) is 5.32 Å². The van der Waals surface area contributed by atoms with Crippen LogP contribution in [0.25, 0.3) is 0 Å². The van der Waals surface area contributed by atoms with E-state index >= 15 is 0 Å². The van der Waals surface area contributed by atoms with E-state index in [0.717, 1.165) is 0 Å². The van der Waals surface area contributed by atoms with Crippen molar-refractivity contribution in [1.29, 1.82) is 5.26 Å². The number of nitriles is 1. The molecule has 3 nitrogen and oxygen atoms in total. The number of thioether (sulfide) groups is 1. The van der Waals surface area contributed by atoms with Crippen LogP contribution < -0.4 is 5.32 Å². The molecule has 1 aromatic carbocycles. The first-order chi connectivity index (χ1) is 7.15. The fourth-order valence-electron chi connectivity index (χ4n) is 0.971. The predicted molar refractivity (Wildman–Crippen MR) is 51.4 cm³/mol. The minimum atomic E-state index is -2.60. The van der Waals surface area contributed by atoms with Crippen LogP contribution in [0.3, 0.4) is 0 Å². The van der Waals surface area contributed by atoms with E-state index in [1.807, 2.05) is 5.32 Å². The van der Waals surface area contributed by atoms with E-state index in [1.165, 1.54) is 18.3 Å². The quantitative estimate of drug-likeness (QED) is 0.490. The van der Waals surface area contributed by atoms with E-state index in [4.69, 9.17) is 5.26 Å². The zero-order valence-electron chi connectivity index (χ0n) is 7.41. The number of nitrogens with one attached hydrogen (secondary N) is 1. The first-order valence-electron chi connectivity index (χ1n) is 3.88. The summed E-state index contributed by atoms with van der Waals surface area (Å²) in [6.07, 6.45) is 1.45. The molecule has 0 spiro atoms. The van der Waals surface area contributed by atoms with Crippen molar-refractivity contribution in [3.05, 3.63) is 29.8 Å². The molecule has 0 saturated heterocycles. The van der Waals surface area contributed by atoms with Gasteiger partial charge in [0.1, 0.15) is 0 Å². The fraction of sp³-hybridized carbons (Fsp3) is 0.111. The molecule has 0 aliphatic carbocycles. The molecule has 1 aromatic rings. The lowest BCUT2D eigenvalue weighted by atomic mass is 10.2. The summed E-state index contributed by atoms with van der Waals surface area (Å²) >= 11 is 0.276. The fourth-order valence-corrected chi connectivity index (χ4v) is 1.61. The molecule has 0 heterocycles. The van der Waals surface area contributed by atoms with Crippen LogP contribution >= 0.6 is 11.8 Å². The van der Waals surface area contributed by atoms with Gasteiger partial charge in [0, 0.05) is 4.90 Å². The smallest absolute Gasteiger partial charge is 0.268 e. The second-order valence-corrected chi connectivity index (χ2v) is 3.47. The molecule has 1 amide bonds. The van der Waals surface area contributed by atoms with Gasteiger partial charge in [-0.2, -0.15) is 14.0 Å². The molecule has 0 fully saturated rings. The normalized spacial score (nSPS) is 9.73. The predicted octanol–water partition coefficient (Wildman–Crippen LogP) is 2.21. The van der Waals surface area contributed by atoms with Crippen LogP contribution in [0.5, 0.6) is 0 Å². The number of nitrogens with zero attached hydrogens (tertiary/aromatic N) is 1. The molecule has 0 aliphatic rings. The SMILES string of the molecule is N#CNC(=O)c1ccccc1SC(F)F. The molecule has 0 bridgehead atoms. The Bertz CT molecular complexity index is 403. The van der Waals surface area contributed by atoms with Crippen molar-refractivity contribution in [2.75, 3.05) is 0 Å². The van der Waals surface area contributed by atoms with Crippen molar-refractivity contribution in [3.63, 3.8) is 0 Å². The Labute approximate surface area is 89.1 Å². The Morgan fingerprint density at radius 2 is 2.13 bits per heavy atom. The molecule has 1 N–H and O–H groups in total. The molecule has 0 aliphatic heterocycles. The Balaban J connectivity index is 2.96. The highest BCUT2D eigenvalue weighted by Crippen LogP contribution is 2.28. The topological polar surface area (TPSA) is 52.9 Å². The number of amides is 1. The van der Waals surface area contributed by atoms with E-state index < -0.39 is 11.7 Å². The van der Waals surface area contributed by atoms with Gasteiger partial charge < -0.3 is 0 Å². The molecular weight excluding hydrogens is 222 g/mol. The van der Waals surface area contributed by atoms with E-state index in [1.54, 1.807) is 12.1 Å². The van der Waals surface area contributed by atoms with Crippen LogP contribution in [0.4, 0.5) is 8.78 Å². The molecule has 0 saturated carbocycles. The third-order valence-electron chi connectivity index (χ3n) is 1.52. The first kappa shape index (κ1) is 11.5. The zero-order valence-corrected chi connectivity index (χ0v) is 8.22. The number of hydrogen-bond donors (Lipinski definition) is 1. The standard InChI is InChI=1S/C9H6F2N2OS/c10-9(11)15-7-4-2-1-3-6(7)8(14)13-5-12/h1-4,9H,(H,13,14). The second-order valence-electron chi connectivity index (χ2n) is 2.44. The van der Waals surface area contributed by atoms with Gasteiger partial charge in [-0.15, -0.1) is 0 Å². The summed E-state index contributed by atoms with van der Waals surface area (Å²) in [5.41, 5.74) is 0.0735. The lowest BCUT2D eigenvalue weighted by Gasteiger charge is -2.05. The molecule has 6 heteroatoms. The van der Waals surface area contributed by atoms with Gasteiger partial charge in [-0.25, -0.2) is 0 Å². The van der Waals surface area contributed by atoms with Gasteiger partial charge in [-0.1, -0.05) is 23.9 Å². The summed E-state index contributed by atoms with van der Waals surface area (Å²) < 4.78 is 24.2. The van der Waals surface area contributed by atoms with E-state index in [-0.39, 0.29) is 22.2 Å². The Morgan fingerprint density at radius 1 is 1.47 bits per heavy atom. The van der Waals surface area contributed by atoms with Crippen LogP contribution in [0.1, 0.15) is 10.4 Å². The molecule has 15 heavy (non-hydrogen) atoms. The molecule has 78 valence electrons. The van der Waals surface area contributed by atoms with E-state index in [0.29, 0.717) is 0 Å². The third-order valence-corrected chi connectivity index (χ3v) is 2.31. The van der Waals surface area contributed by atoms with Gasteiger partial charge in [0.05, 0.1) is 5.56 Å². The van der Waals surface area contributed by atoms with Crippen LogP contribution in [-0.2, 0) is 0 Å². The number of hydrogen-bond acceptors (Lipinski definition) is 3. The second kappa shape index (κ2) is 5.32. The lowest BCUT2D eigenvalue weighted by molar-refractivity contribution is 0.0970. The Morgan fingerprint density at radius 3 is 2.73 bits per heavy atom. The maximum atomic E-state index is 12.1. The van der Waals surface area contributed by atoms with Crippen molar-refractivity contribution >= 4 is 17.7 Å². The highest BCUT2D eigenvalue weighted by atomic mass is 32.2. The largest absolute Gasteiger partial charge is 0.288 e. The lowest BCUT2D eigenvalue weighted by Crippen LogP contribution is -2.18. The van der Waals surface area contributed by atoms with Gasteiger partial charge in [-0.3, -0.25) is 10.1 Å². The van der Waals surface area contributed by atoms with Crippen molar-refractivity contribution in [2.45, 2.75) is 10.7 Å². The van der Waals surface area contributed by atoms with Crippen LogP contribution in [0.2, 0.25) is 0 Å². The van der Waals surface area contributed by atoms with Crippen LogP contribution in [0.15, 0.2) is 29.2 Å². The van der Waals surface area contributed by atoms with Gasteiger partial charge in [0.2, 0.25) is 0 Å². The Hall–Kier alpha value is -1.61. The van der Waals surface area contributed by atoms with Gasteiger partial charge in [-0.05, 0) is 12.1 Å². The van der Waals surface area contributed by atoms with Crippen molar-refractivity contribution < 1.29 is 13.6 Å². The average Bonchev–Trinajstić information content (AvgIpc) is 2.18. The number of halogens is 2. The van der Waals surface area contributed by atoms with E-state index in [9.17, 15) is 13.6 Å². The number of rotatable bonds is 3. The number of carbonyl (C=O) groups excluding carboxylic acids is 1. The minimum absolute atomic E-state index is 0.0735. The van der Waals surface area contributed by atoms with Gasteiger partial charge in [0.15, 0.2) is 6.19 Å². The molecule has 0 atom stereocenters. The molecule has 0 unspecified atom stereocenters. The molecule has 0 radical (unpaired) electrons. The summed E-state index contributed by atoms with van der Waals surface area (Å²) in [5, 5.41) is 10.1. The maximum absolute atomic E-state index is 12.1. The third kappa shape index (κ3) is 3.22. The Kier molecular flexibility index (Phi) is 4.06. The maximum Gasteiger partial charge on any atom is 0.288 e. The minimum Gasteiger partial charge on any atom is -0.268 e. The summed E-state index contributed by atoms with van der Waals surface area (Å²) in [5.74, 6) is -3.28. The average molecular weight is 228 g/mol. The molecular formula is C9H6F2N2OS. The number of benzene rings is 1. The van der Waals surface area contributed by atoms with E-state index in [2.05, 4.69) is 0 Å². The summed E-state index contributed by atoms with van der Waals surface area (Å²) in [4.78, 5) is 11.4. The van der Waals surface area contributed by atoms with Gasteiger partial charge >= 0.3 is 0 Å². The van der Waals surface area contributed by atoms with Crippen molar-refractivity contribution in [2.24, 2.45) is 0 Å². The summed E-state index contributed by atoms with van der Waals surface area (Å²) in [6.45, 7) is 0. The highest BCUT2D eigenvalue weighted by molar-refractivity contribution is 7.99. The monoisotopic (exact) mass is 228 g/mol. The van der Waals surface area contributed by atoms with Crippen molar-refractivity contribution in [3.8, 4) is 6.19 Å². The molecule has 1 rings (SSSR count). The highest BCUT2D eigenvalue weighted by Gasteiger charge is 2.14. The first-order valence-corrected chi connectivity index (χ1v) is 4.76. The van der Waals surface area contributed by atoms with Gasteiger partial charge in [0.25, 0.3) is 11.7 Å². The number of alkyl halides is 2. The van der Waals surface area contributed by atoms with Crippen LogP contribution in [0, 0.1) is 11.5 Å². The number of carbonyl (C=O) groups is 1. The summed E-state index contributed by atoms with van der Waals surface area (Å²) in [7, 11) is 0. The van der Waals surface area contributed by atoms with Crippen LogP contribution in [-0.4, -0.2) is 11.7 Å².